The second-order valence-electron chi connectivity index (χ2n) is 4.15. The van der Waals surface area contributed by atoms with Crippen LogP contribution in [0.1, 0.15) is 18.9 Å². The summed E-state index contributed by atoms with van der Waals surface area (Å²) in [6.07, 6.45) is 2.92. The van der Waals surface area contributed by atoms with Gasteiger partial charge in [-0.3, -0.25) is 4.79 Å². The minimum atomic E-state index is 0.0235. The summed E-state index contributed by atoms with van der Waals surface area (Å²) in [5.41, 5.74) is 1.65. The van der Waals surface area contributed by atoms with Gasteiger partial charge < -0.3 is 14.5 Å². The Balaban J connectivity index is 2.16. The van der Waals surface area contributed by atoms with Crippen molar-refractivity contribution in [3.05, 3.63) is 30.0 Å². The lowest BCUT2D eigenvalue weighted by Crippen LogP contribution is -2.25. The highest BCUT2D eigenvalue weighted by Gasteiger charge is 2.10. The quantitative estimate of drug-likeness (QED) is 0.883. The summed E-state index contributed by atoms with van der Waals surface area (Å²) in [6.45, 7) is 2.74. The first-order valence-electron chi connectivity index (χ1n) is 6.05. The molecule has 1 N–H and O–H groups in total. The van der Waals surface area contributed by atoms with Crippen molar-refractivity contribution in [2.24, 2.45) is 0 Å². The van der Waals surface area contributed by atoms with E-state index in [2.05, 4.69) is 5.32 Å². The molecule has 2 rings (SSSR count). The maximum atomic E-state index is 11.7. The van der Waals surface area contributed by atoms with Gasteiger partial charge in [-0.25, -0.2) is 0 Å². The van der Waals surface area contributed by atoms with Crippen molar-refractivity contribution in [3.8, 4) is 5.75 Å². The SMILES string of the molecule is CCCNC(=O)Cc1coc2cc(OC)ccc12. The highest BCUT2D eigenvalue weighted by atomic mass is 16.5. The van der Waals surface area contributed by atoms with Crippen LogP contribution in [0.5, 0.6) is 5.75 Å². The van der Waals surface area contributed by atoms with E-state index >= 15 is 0 Å². The fourth-order valence-corrected chi connectivity index (χ4v) is 1.83. The molecule has 4 heteroatoms. The molecule has 1 heterocycles. The topological polar surface area (TPSA) is 51.5 Å². The fourth-order valence-electron chi connectivity index (χ4n) is 1.83. The number of ether oxygens (including phenoxy) is 1. The van der Waals surface area contributed by atoms with Gasteiger partial charge in [0.15, 0.2) is 0 Å². The Morgan fingerprint density at radius 3 is 3.00 bits per heavy atom. The molecule has 0 saturated heterocycles. The highest BCUT2D eigenvalue weighted by molar-refractivity contribution is 5.88. The van der Waals surface area contributed by atoms with Crippen LogP contribution in [0.3, 0.4) is 0 Å². The molecule has 1 amide bonds. The molecule has 0 fully saturated rings. The molecule has 0 aliphatic heterocycles. The summed E-state index contributed by atoms with van der Waals surface area (Å²) < 4.78 is 10.6. The monoisotopic (exact) mass is 247 g/mol. The Labute approximate surface area is 106 Å². The van der Waals surface area contributed by atoms with E-state index in [0.717, 1.165) is 28.7 Å². The summed E-state index contributed by atoms with van der Waals surface area (Å²) in [7, 11) is 1.61. The number of methoxy groups -OCH3 is 1. The predicted molar refractivity (Wildman–Crippen MR) is 69.8 cm³/mol. The van der Waals surface area contributed by atoms with Gasteiger partial charge in [0, 0.05) is 23.6 Å². The van der Waals surface area contributed by atoms with Crippen molar-refractivity contribution in [2.45, 2.75) is 19.8 Å². The van der Waals surface area contributed by atoms with Gasteiger partial charge >= 0.3 is 0 Å². The van der Waals surface area contributed by atoms with Gasteiger partial charge in [-0.2, -0.15) is 0 Å². The average Bonchev–Trinajstić information content (AvgIpc) is 2.78. The zero-order valence-electron chi connectivity index (χ0n) is 10.7. The van der Waals surface area contributed by atoms with Gasteiger partial charge in [0.25, 0.3) is 0 Å². The van der Waals surface area contributed by atoms with E-state index < -0.39 is 0 Å². The normalized spacial score (nSPS) is 10.6. The summed E-state index contributed by atoms with van der Waals surface area (Å²) in [6, 6.07) is 5.61. The lowest BCUT2D eigenvalue weighted by atomic mass is 10.1. The van der Waals surface area contributed by atoms with Gasteiger partial charge in [-0.05, 0) is 18.6 Å². The molecule has 4 nitrogen and oxygen atoms in total. The Hall–Kier alpha value is -1.97. The summed E-state index contributed by atoms with van der Waals surface area (Å²) in [5, 5.41) is 3.81. The standard InChI is InChI=1S/C14H17NO3/c1-3-6-15-14(16)7-10-9-18-13-8-11(17-2)4-5-12(10)13/h4-5,8-9H,3,6-7H2,1-2H3,(H,15,16). The van der Waals surface area contributed by atoms with Crippen LogP contribution in [0.15, 0.2) is 28.9 Å². The van der Waals surface area contributed by atoms with Crippen LogP contribution in [0, 0.1) is 0 Å². The highest BCUT2D eigenvalue weighted by Crippen LogP contribution is 2.25. The van der Waals surface area contributed by atoms with Crippen LogP contribution in [0.25, 0.3) is 11.0 Å². The van der Waals surface area contributed by atoms with Crippen LogP contribution in [-0.4, -0.2) is 19.6 Å². The van der Waals surface area contributed by atoms with Gasteiger partial charge in [0.2, 0.25) is 5.91 Å². The third-order valence-electron chi connectivity index (χ3n) is 2.79. The van der Waals surface area contributed by atoms with Gasteiger partial charge in [0.05, 0.1) is 19.8 Å². The Bertz CT molecular complexity index is 545. The fraction of sp³-hybridized carbons (Fsp3) is 0.357. The van der Waals surface area contributed by atoms with Gasteiger partial charge in [0.1, 0.15) is 11.3 Å². The van der Waals surface area contributed by atoms with E-state index in [-0.39, 0.29) is 5.91 Å². The number of hydrogen-bond donors (Lipinski definition) is 1. The lowest BCUT2D eigenvalue weighted by molar-refractivity contribution is -0.120. The van der Waals surface area contributed by atoms with E-state index in [4.69, 9.17) is 9.15 Å². The van der Waals surface area contributed by atoms with E-state index in [9.17, 15) is 4.79 Å². The van der Waals surface area contributed by atoms with Crippen molar-refractivity contribution in [1.29, 1.82) is 0 Å². The second-order valence-corrected chi connectivity index (χ2v) is 4.15. The average molecular weight is 247 g/mol. The minimum Gasteiger partial charge on any atom is -0.497 e. The van der Waals surface area contributed by atoms with Gasteiger partial charge in [-0.15, -0.1) is 0 Å². The lowest BCUT2D eigenvalue weighted by Gasteiger charge is -2.02. The number of carbonyl (C=O) groups is 1. The Kier molecular flexibility index (Phi) is 3.87. The molecule has 0 atom stereocenters. The molecule has 0 saturated carbocycles. The van der Waals surface area contributed by atoms with E-state index in [0.29, 0.717) is 13.0 Å². The Morgan fingerprint density at radius 1 is 1.44 bits per heavy atom. The van der Waals surface area contributed by atoms with E-state index in [1.807, 2.05) is 25.1 Å². The molecule has 0 radical (unpaired) electrons. The summed E-state index contributed by atoms with van der Waals surface area (Å²) in [4.78, 5) is 11.7. The number of nitrogens with one attached hydrogen (secondary N) is 1. The smallest absolute Gasteiger partial charge is 0.224 e. The molecule has 18 heavy (non-hydrogen) atoms. The molecular weight excluding hydrogens is 230 g/mol. The summed E-state index contributed by atoms with van der Waals surface area (Å²) in [5.74, 6) is 0.772. The molecular formula is C14H17NO3. The number of hydrogen-bond acceptors (Lipinski definition) is 3. The van der Waals surface area contributed by atoms with Crippen LogP contribution >= 0.6 is 0 Å². The number of rotatable bonds is 5. The number of fused-ring (bicyclic) bond motifs is 1. The minimum absolute atomic E-state index is 0.0235. The predicted octanol–water partition coefficient (Wildman–Crippen LogP) is 2.51. The maximum absolute atomic E-state index is 11.7. The number of amides is 1. The number of benzene rings is 1. The molecule has 0 aliphatic carbocycles. The van der Waals surface area contributed by atoms with Gasteiger partial charge in [-0.1, -0.05) is 6.92 Å². The molecule has 0 bridgehead atoms. The van der Waals surface area contributed by atoms with E-state index in [1.54, 1.807) is 13.4 Å². The molecule has 0 unspecified atom stereocenters. The zero-order chi connectivity index (χ0) is 13.0. The second kappa shape index (κ2) is 5.58. The van der Waals surface area contributed by atoms with Crippen LogP contribution in [0.4, 0.5) is 0 Å². The van der Waals surface area contributed by atoms with Crippen LogP contribution in [0.2, 0.25) is 0 Å². The largest absolute Gasteiger partial charge is 0.497 e. The van der Waals surface area contributed by atoms with Crippen molar-refractivity contribution in [3.63, 3.8) is 0 Å². The van der Waals surface area contributed by atoms with Crippen molar-refractivity contribution < 1.29 is 13.9 Å². The first-order chi connectivity index (χ1) is 8.74. The summed E-state index contributed by atoms with van der Waals surface area (Å²) >= 11 is 0. The van der Waals surface area contributed by atoms with E-state index in [1.165, 1.54) is 0 Å². The molecule has 2 aromatic rings. The first-order valence-corrected chi connectivity index (χ1v) is 6.05. The molecule has 0 aliphatic rings. The van der Waals surface area contributed by atoms with Crippen LogP contribution in [-0.2, 0) is 11.2 Å². The number of furan rings is 1. The molecule has 0 spiro atoms. The van der Waals surface area contributed by atoms with Crippen LogP contribution < -0.4 is 10.1 Å². The third-order valence-corrected chi connectivity index (χ3v) is 2.79. The molecule has 1 aromatic carbocycles. The first kappa shape index (κ1) is 12.5. The third kappa shape index (κ3) is 2.64. The van der Waals surface area contributed by atoms with Crippen molar-refractivity contribution in [2.75, 3.05) is 13.7 Å². The number of carbonyl (C=O) groups excluding carboxylic acids is 1. The Morgan fingerprint density at radius 2 is 2.28 bits per heavy atom. The molecule has 1 aromatic heterocycles. The van der Waals surface area contributed by atoms with Crippen molar-refractivity contribution >= 4 is 16.9 Å². The molecule has 96 valence electrons. The maximum Gasteiger partial charge on any atom is 0.224 e. The zero-order valence-corrected chi connectivity index (χ0v) is 10.7. The van der Waals surface area contributed by atoms with Crippen molar-refractivity contribution in [1.82, 2.24) is 5.32 Å².